The molecule has 0 aromatic heterocycles. The zero-order chi connectivity index (χ0) is 13.9. The minimum atomic E-state index is -0.229. The number of benzene rings is 1. The number of ether oxygens (including phenoxy) is 2. The van der Waals surface area contributed by atoms with Crippen molar-refractivity contribution in [1.29, 1.82) is 5.26 Å². The molecule has 0 spiro atoms. The first-order valence-electron chi connectivity index (χ1n) is 6.53. The van der Waals surface area contributed by atoms with Crippen LogP contribution in [-0.4, -0.2) is 37.7 Å². The minimum Gasteiger partial charge on any atom is -0.493 e. The third-order valence-corrected chi connectivity index (χ3v) is 3.71. The van der Waals surface area contributed by atoms with Gasteiger partial charge < -0.3 is 14.4 Å². The van der Waals surface area contributed by atoms with Gasteiger partial charge >= 0.3 is 0 Å². The quantitative estimate of drug-likeness (QED) is 0.837. The fraction of sp³-hybridized carbons (Fsp3) is 0.533. The lowest BCUT2D eigenvalue weighted by Crippen LogP contribution is -2.44. The molecule has 1 aromatic rings. The smallest absolute Gasteiger partial charge is 0.179 e. The molecule has 0 N–H and O–H groups in total. The van der Waals surface area contributed by atoms with Crippen LogP contribution in [0.2, 0.25) is 0 Å². The number of methoxy groups -OCH3 is 1. The van der Waals surface area contributed by atoms with Gasteiger partial charge in [0.15, 0.2) is 11.5 Å². The maximum Gasteiger partial charge on any atom is 0.179 e. The predicted molar refractivity (Wildman–Crippen MR) is 73.5 cm³/mol. The molecule has 0 radical (unpaired) electrons. The van der Waals surface area contributed by atoms with Gasteiger partial charge in [0.1, 0.15) is 11.7 Å². The summed E-state index contributed by atoms with van der Waals surface area (Å²) in [6.07, 6.45) is 1.90. The molecule has 1 aliphatic heterocycles. The van der Waals surface area contributed by atoms with E-state index in [2.05, 4.69) is 24.9 Å². The third-order valence-electron chi connectivity index (χ3n) is 3.71. The van der Waals surface area contributed by atoms with Gasteiger partial charge in [-0.2, -0.15) is 5.26 Å². The fourth-order valence-corrected chi connectivity index (χ4v) is 2.31. The van der Waals surface area contributed by atoms with Crippen LogP contribution in [0.15, 0.2) is 18.2 Å². The molecule has 0 aliphatic carbocycles. The zero-order valence-electron chi connectivity index (χ0n) is 11.8. The molecule has 0 unspecified atom stereocenters. The maximum absolute atomic E-state index is 9.20. The molecule has 4 heteroatoms. The molecule has 102 valence electrons. The lowest BCUT2D eigenvalue weighted by Gasteiger charge is -2.38. The Morgan fingerprint density at radius 2 is 2.00 bits per heavy atom. The summed E-state index contributed by atoms with van der Waals surface area (Å²) < 4.78 is 11.5. The van der Waals surface area contributed by atoms with Gasteiger partial charge in [-0.15, -0.1) is 0 Å². The number of piperidine rings is 1. The van der Waals surface area contributed by atoms with E-state index in [1.165, 1.54) is 0 Å². The Kier molecular flexibility index (Phi) is 3.96. The molecule has 2 rings (SSSR count). The molecule has 0 amide bonds. The number of hydrogen-bond acceptors (Lipinski definition) is 4. The van der Waals surface area contributed by atoms with Gasteiger partial charge in [0.2, 0.25) is 0 Å². The van der Waals surface area contributed by atoms with Gasteiger partial charge in [0.05, 0.1) is 12.7 Å². The largest absolute Gasteiger partial charge is 0.493 e. The summed E-state index contributed by atoms with van der Waals surface area (Å²) in [5.74, 6) is 1.19. The van der Waals surface area contributed by atoms with Crippen molar-refractivity contribution in [1.82, 2.24) is 4.90 Å². The molecule has 0 saturated carbocycles. The zero-order valence-corrected chi connectivity index (χ0v) is 11.8. The number of hydrogen-bond donors (Lipinski definition) is 0. The standard InChI is InChI=1S/C15H20N2O2/c1-15(7-9-17(2)10-8-15)19-14-12(11-16)5-4-6-13(14)18-3/h4-6H,7-10H2,1-3H3. The highest BCUT2D eigenvalue weighted by Gasteiger charge is 2.32. The molecule has 1 heterocycles. The minimum absolute atomic E-state index is 0.229. The van der Waals surface area contributed by atoms with Crippen LogP contribution in [0.3, 0.4) is 0 Å². The van der Waals surface area contributed by atoms with Crippen LogP contribution in [0.1, 0.15) is 25.3 Å². The Bertz CT molecular complexity index is 485. The van der Waals surface area contributed by atoms with E-state index >= 15 is 0 Å². The second-order valence-electron chi connectivity index (χ2n) is 5.30. The molecular formula is C15H20N2O2. The van der Waals surface area contributed by atoms with Crippen LogP contribution in [0.4, 0.5) is 0 Å². The van der Waals surface area contributed by atoms with Crippen molar-refractivity contribution in [2.75, 3.05) is 27.2 Å². The average Bonchev–Trinajstić information content (AvgIpc) is 2.42. The first-order valence-corrected chi connectivity index (χ1v) is 6.53. The summed E-state index contributed by atoms with van der Waals surface area (Å²) in [5.41, 5.74) is 0.298. The summed E-state index contributed by atoms with van der Waals surface area (Å²) in [6.45, 7) is 4.12. The topological polar surface area (TPSA) is 45.5 Å². The van der Waals surface area contributed by atoms with E-state index in [0.29, 0.717) is 17.1 Å². The van der Waals surface area contributed by atoms with Crippen LogP contribution < -0.4 is 9.47 Å². The molecular weight excluding hydrogens is 240 g/mol. The van der Waals surface area contributed by atoms with E-state index in [0.717, 1.165) is 25.9 Å². The molecule has 1 aromatic carbocycles. The van der Waals surface area contributed by atoms with Crippen molar-refractivity contribution < 1.29 is 9.47 Å². The number of rotatable bonds is 3. The highest BCUT2D eigenvalue weighted by atomic mass is 16.5. The number of para-hydroxylation sites is 1. The lowest BCUT2D eigenvalue weighted by molar-refractivity contribution is 0.0218. The van der Waals surface area contributed by atoms with Crippen LogP contribution in [0.5, 0.6) is 11.5 Å². The van der Waals surface area contributed by atoms with Crippen LogP contribution in [0, 0.1) is 11.3 Å². The van der Waals surface area contributed by atoms with Gasteiger partial charge in [-0.05, 0) is 38.9 Å². The van der Waals surface area contributed by atoms with Gasteiger partial charge in [-0.25, -0.2) is 0 Å². The van der Waals surface area contributed by atoms with E-state index in [-0.39, 0.29) is 5.60 Å². The van der Waals surface area contributed by atoms with E-state index < -0.39 is 0 Å². The first kappa shape index (κ1) is 13.7. The fourth-order valence-electron chi connectivity index (χ4n) is 2.31. The van der Waals surface area contributed by atoms with Gasteiger partial charge in [0, 0.05) is 13.1 Å². The third kappa shape index (κ3) is 2.99. The second kappa shape index (κ2) is 5.50. The van der Waals surface area contributed by atoms with Crippen molar-refractivity contribution in [3.05, 3.63) is 23.8 Å². The monoisotopic (exact) mass is 260 g/mol. The normalized spacial score (nSPS) is 18.6. The van der Waals surface area contributed by atoms with Crippen molar-refractivity contribution >= 4 is 0 Å². The van der Waals surface area contributed by atoms with Crippen molar-refractivity contribution in [2.24, 2.45) is 0 Å². The van der Waals surface area contributed by atoms with Crippen molar-refractivity contribution in [3.63, 3.8) is 0 Å². The van der Waals surface area contributed by atoms with E-state index in [4.69, 9.17) is 9.47 Å². The number of likely N-dealkylation sites (tertiary alicyclic amines) is 1. The second-order valence-corrected chi connectivity index (χ2v) is 5.30. The summed E-state index contributed by atoms with van der Waals surface area (Å²) in [4.78, 5) is 2.29. The summed E-state index contributed by atoms with van der Waals surface area (Å²) in [6, 6.07) is 7.57. The number of nitrogens with zero attached hydrogens (tertiary/aromatic N) is 2. The summed E-state index contributed by atoms with van der Waals surface area (Å²) in [7, 11) is 3.71. The first-order chi connectivity index (χ1) is 9.08. The SMILES string of the molecule is COc1cccc(C#N)c1OC1(C)CCN(C)CC1. The highest BCUT2D eigenvalue weighted by Crippen LogP contribution is 2.36. The molecule has 1 saturated heterocycles. The van der Waals surface area contributed by atoms with Gasteiger partial charge in [-0.1, -0.05) is 6.07 Å². The average molecular weight is 260 g/mol. The Balaban J connectivity index is 2.25. The van der Waals surface area contributed by atoms with Crippen LogP contribution in [0.25, 0.3) is 0 Å². The molecule has 0 atom stereocenters. The molecule has 19 heavy (non-hydrogen) atoms. The Morgan fingerprint density at radius 1 is 1.32 bits per heavy atom. The highest BCUT2D eigenvalue weighted by molar-refractivity contribution is 5.52. The molecule has 1 aliphatic rings. The van der Waals surface area contributed by atoms with E-state index in [1.807, 2.05) is 6.07 Å². The summed E-state index contributed by atoms with van der Waals surface area (Å²) >= 11 is 0. The van der Waals surface area contributed by atoms with Gasteiger partial charge in [0.25, 0.3) is 0 Å². The molecule has 1 fully saturated rings. The maximum atomic E-state index is 9.20. The van der Waals surface area contributed by atoms with Gasteiger partial charge in [-0.3, -0.25) is 0 Å². The van der Waals surface area contributed by atoms with E-state index in [9.17, 15) is 5.26 Å². The molecule has 0 bridgehead atoms. The lowest BCUT2D eigenvalue weighted by atomic mass is 9.93. The Morgan fingerprint density at radius 3 is 2.58 bits per heavy atom. The predicted octanol–water partition coefficient (Wildman–Crippen LogP) is 2.43. The van der Waals surface area contributed by atoms with E-state index in [1.54, 1.807) is 19.2 Å². The molecule has 4 nitrogen and oxygen atoms in total. The van der Waals surface area contributed by atoms with Crippen LogP contribution >= 0.6 is 0 Å². The van der Waals surface area contributed by atoms with Crippen molar-refractivity contribution in [3.8, 4) is 17.6 Å². The van der Waals surface area contributed by atoms with Crippen LogP contribution in [-0.2, 0) is 0 Å². The van der Waals surface area contributed by atoms with Crippen molar-refractivity contribution in [2.45, 2.75) is 25.4 Å². The number of nitriles is 1. The summed E-state index contributed by atoms with van der Waals surface area (Å²) in [5, 5.41) is 9.20. The Hall–Kier alpha value is -1.73. The Labute approximate surface area is 114 Å².